The van der Waals surface area contributed by atoms with E-state index in [-0.39, 0.29) is 17.3 Å². The number of phenolic OH excluding ortho intramolecular Hbond substituents is 1. The van der Waals surface area contributed by atoms with Gasteiger partial charge in [0.05, 0.1) is 63.5 Å². The smallest absolute Gasteiger partial charge is 0.162 e. The highest BCUT2D eigenvalue weighted by Gasteiger charge is 2.24. The molecule has 0 radical (unpaired) electrons. The lowest BCUT2D eigenvalue weighted by molar-refractivity contribution is 0.101. The number of nitrogens with zero attached hydrogens (tertiary/aromatic N) is 3. The first kappa shape index (κ1) is 49.4. The van der Waals surface area contributed by atoms with Gasteiger partial charge >= 0.3 is 0 Å². The highest BCUT2D eigenvalue weighted by Crippen LogP contribution is 2.41. The quantitative estimate of drug-likeness (QED) is 0.138. The van der Waals surface area contributed by atoms with E-state index >= 15 is 0 Å². The lowest BCUT2D eigenvalue weighted by atomic mass is 10.0. The minimum atomic E-state index is 0.0348. The molecule has 0 aliphatic rings. The predicted molar refractivity (Wildman–Crippen MR) is 309 cm³/mol. The lowest BCUT2D eigenvalue weighted by Gasteiger charge is -2.13. The van der Waals surface area contributed by atoms with E-state index in [1.54, 1.807) is 40.2 Å². The van der Waals surface area contributed by atoms with E-state index in [4.69, 9.17) is 9.47 Å². The summed E-state index contributed by atoms with van der Waals surface area (Å²) in [4.78, 5) is 25.1. The molecular weight excluding hydrogens is 995 g/mol. The van der Waals surface area contributed by atoms with E-state index in [0.717, 1.165) is 94.2 Å². The fraction of sp³-hybridized carbons (Fsp3) is 0.0606. The molecule has 0 saturated carbocycles. The largest absolute Gasteiger partial charge is 0.508 e. The number of methoxy groups -OCH3 is 2. The van der Waals surface area contributed by atoms with Crippen LogP contribution >= 0.6 is 15.9 Å². The molecule has 0 unspecified atom stereocenters. The maximum atomic E-state index is 12.6. The highest BCUT2D eigenvalue weighted by molar-refractivity contribution is 9.10. The average Bonchev–Trinajstić information content (AvgIpc) is 4.11. The highest BCUT2D eigenvalue weighted by atomic mass is 79.9. The van der Waals surface area contributed by atoms with Crippen molar-refractivity contribution in [3.05, 3.63) is 252 Å². The number of Topliss-reactive ketones (excluding diaryl/α,β-unsaturated/α-hetero) is 2. The van der Waals surface area contributed by atoms with Crippen LogP contribution in [-0.4, -0.2) is 44.6 Å². The van der Waals surface area contributed by atoms with Crippen LogP contribution in [-0.2, 0) is 0 Å². The third-order valence-corrected chi connectivity index (χ3v) is 14.0. The van der Waals surface area contributed by atoms with E-state index in [1.165, 1.54) is 16.5 Å². The Morgan fingerprint density at radius 1 is 0.373 bits per heavy atom. The number of hydrogen-bond acceptors (Lipinski definition) is 5. The Hall–Kier alpha value is -9.18. The van der Waals surface area contributed by atoms with Crippen molar-refractivity contribution in [1.29, 1.82) is 0 Å². The molecule has 0 aliphatic heterocycles. The van der Waals surface area contributed by atoms with Crippen LogP contribution in [0.15, 0.2) is 241 Å². The van der Waals surface area contributed by atoms with Crippen molar-refractivity contribution in [3.8, 4) is 68.1 Å². The van der Waals surface area contributed by atoms with Crippen molar-refractivity contribution in [1.82, 2.24) is 13.7 Å². The summed E-state index contributed by atoms with van der Waals surface area (Å²) in [5.41, 5.74) is 13.8. The molecule has 1 N–H and O–H groups in total. The normalized spacial score (nSPS) is 10.9. The van der Waals surface area contributed by atoms with Gasteiger partial charge in [0.2, 0.25) is 0 Å². The molecule has 9 heteroatoms. The molecule has 75 heavy (non-hydrogen) atoms. The Morgan fingerprint density at radius 2 is 0.667 bits per heavy atom. The maximum Gasteiger partial charge on any atom is 0.162 e. The van der Waals surface area contributed by atoms with Crippen LogP contribution < -0.4 is 9.47 Å². The van der Waals surface area contributed by atoms with Gasteiger partial charge in [-0.2, -0.15) is 0 Å². The maximum absolute atomic E-state index is 12.6. The first-order valence-corrected chi connectivity index (χ1v) is 25.3. The molecule has 0 bridgehead atoms. The van der Waals surface area contributed by atoms with Crippen molar-refractivity contribution >= 4 is 60.2 Å². The molecule has 0 saturated heterocycles. The fourth-order valence-corrected chi connectivity index (χ4v) is 10.6. The van der Waals surface area contributed by atoms with Gasteiger partial charge in [0.1, 0.15) is 17.2 Å². The SMILES string of the molecule is CC(=O)c1c(-c2ccccc2)n(-c2ccc(O)cc2)c2ccccc12.COc1ccc(-n2c(-c3ccccc3)c(Br)c3ccccc32)cc1.COc1ccc(-n2c(-c3ccccc3)c(C(C)=O)c3ccccc32)cc1. The molecule has 368 valence electrons. The van der Waals surface area contributed by atoms with E-state index in [0.29, 0.717) is 0 Å². The molecule has 9 aromatic carbocycles. The summed E-state index contributed by atoms with van der Waals surface area (Å²) < 4.78 is 18.2. The number of rotatable bonds is 10. The monoisotopic (exact) mass is 1050 g/mol. The first-order chi connectivity index (χ1) is 36.7. The van der Waals surface area contributed by atoms with Crippen LogP contribution in [0.2, 0.25) is 0 Å². The summed E-state index contributed by atoms with van der Waals surface area (Å²) in [5, 5.41) is 12.7. The van der Waals surface area contributed by atoms with Crippen LogP contribution in [0, 0.1) is 0 Å². The summed E-state index contributed by atoms with van der Waals surface area (Å²) in [6.45, 7) is 3.24. The number of aromatic nitrogens is 3. The molecule has 0 amide bonds. The third-order valence-electron chi connectivity index (χ3n) is 13.2. The number of carbonyl (C=O) groups is 2. The number of hydrogen-bond donors (Lipinski definition) is 1. The summed E-state index contributed by atoms with van der Waals surface area (Å²) >= 11 is 3.82. The zero-order valence-corrected chi connectivity index (χ0v) is 43.4. The van der Waals surface area contributed by atoms with Gasteiger partial charge in [-0.05, 0) is 137 Å². The van der Waals surface area contributed by atoms with Crippen LogP contribution in [0.1, 0.15) is 34.6 Å². The molecule has 0 spiro atoms. The molecule has 8 nitrogen and oxygen atoms in total. The molecule has 12 rings (SSSR count). The molecular formula is C66H52BrN3O5. The van der Waals surface area contributed by atoms with Crippen molar-refractivity contribution in [3.63, 3.8) is 0 Å². The number of phenols is 1. The van der Waals surface area contributed by atoms with Crippen LogP contribution in [0.4, 0.5) is 0 Å². The number of ketones is 2. The van der Waals surface area contributed by atoms with Crippen LogP contribution in [0.5, 0.6) is 17.2 Å². The van der Waals surface area contributed by atoms with Gasteiger partial charge in [0, 0.05) is 33.2 Å². The number of benzene rings is 9. The summed E-state index contributed by atoms with van der Waals surface area (Å²) in [5.74, 6) is 1.97. The third kappa shape index (κ3) is 9.77. The molecule has 0 atom stereocenters. The van der Waals surface area contributed by atoms with E-state index < -0.39 is 0 Å². The molecule has 3 aromatic heterocycles. The second-order valence-corrected chi connectivity index (χ2v) is 18.6. The van der Waals surface area contributed by atoms with Gasteiger partial charge in [0.15, 0.2) is 11.6 Å². The van der Waals surface area contributed by atoms with Gasteiger partial charge in [-0.3, -0.25) is 9.59 Å². The Morgan fingerprint density at radius 3 is 1.03 bits per heavy atom. The molecule has 0 fully saturated rings. The zero-order valence-electron chi connectivity index (χ0n) is 41.8. The Bertz CT molecular complexity index is 3960. The minimum absolute atomic E-state index is 0.0348. The number of ether oxygens (including phenoxy) is 2. The first-order valence-electron chi connectivity index (χ1n) is 24.5. The standard InChI is InChI=1S/C23H19NO2.C22H17NO2.C21H16BrNO/c1-16(25)22-20-10-6-7-11-21(20)24(18-12-14-19(26-2)15-13-18)23(22)17-8-4-3-5-9-17;1-15(24)21-19-9-5-6-10-20(19)23(17-11-13-18(25)14-12-17)22(21)16-7-3-2-4-8-16;1-24-17-13-11-16(12-14-17)23-19-10-6-5-9-18(19)20(22)21(23)15-7-3-2-4-8-15/h3-15H,1-2H3;2-14,25H,1H3;2-14H,1H3. The van der Waals surface area contributed by atoms with E-state index in [9.17, 15) is 14.7 Å². The van der Waals surface area contributed by atoms with Crippen LogP contribution in [0.25, 0.3) is 83.5 Å². The summed E-state index contributed by atoms with van der Waals surface area (Å²) in [7, 11) is 3.34. The Balaban J connectivity index is 0.000000128. The molecule has 3 heterocycles. The van der Waals surface area contributed by atoms with Gasteiger partial charge < -0.3 is 28.3 Å². The van der Waals surface area contributed by atoms with Crippen molar-refractivity contribution in [2.45, 2.75) is 13.8 Å². The second kappa shape index (κ2) is 21.9. The zero-order chi connectivity index (χ0) is 52.0. The topological polar surface area (TPSA) is 87.6 Å². The van der Waals surface area contributed by atoms with E-state index in [1.807, 2.05) is 158 Å². The van der Waals surface area contributed by atoms with Gasteiger partial charge in [-0.15, -0.1) is 0 Å². The van der Waals surface area contributed by atoms with Gasteiger partial charge in [-0.25, -0.2) is 0 Å². The summed E-state index contributed by atoms with van der Waals surface area (Å²) in [6, 6.07) is 77.9. The number of halogens is 1. The number of aromatic hydroxyl groups is 1. The Kier molecular flexibility index (Phi) is 14.4. The van der Waals surface area contributed by atoms with Crippen molar-refractivity contribution < 1.29 is 24.2 Å². The minimum Gasteiger partial charge on any atom is -0.508 e. The summed E-state index contributed by atoms with van der Waals surface area (Å²) in [6.07, 6.45) is 0. The Labute approximate surface area is 444 Å². The number of para-hydroxylation sites is 3. The number of fused-ring (bicyclic) bond motifs is 3. The lowest BCUT2D eigenvalue weighted by Crippen LogP contribution is -2.00. The van der Waals surface area contributed by atoms with Gasteiger partial charge in [0.25, 0.3) is 0 Å². The van der Waals surface area contributed by atoms with Crippen LogP contribution in [0.3, 0.4) is 0 Å². The van der Waals surface area contributed by atoms with Gasteiger partial charge in [-0.1, -0.05) is 146 Å². The predicted octanol–water partition coefficient (Wildman–Crippen LogP) is 16.8. The second-order valence-electron chi connectivity index (χ2n) is 17.8. The average molecular weight is 1050 g/mol. The van der Waals surface area contributed by atoms with E-state index in [2.05, 4.69) is 96.4 Å². The number of carbonyl (C=O) groups excluding carboxylic acids is 2. The molecule has 0 aliphatic carbocycles. The molecule has 12 aromatic rings. The van der Waals surface area contributed by atoms with Crippen molar-refractivity contribution in [2.75, 3.05) is 14.2 Å². The fourth-order valence-electron chi connectivity index (χ4n) is 9.85. The van der Waals surface area contributed by atoms with Crippen molar-refractivity contribution in [2.24, 2.45) is 0 Å².